The lowest BCUT2D eigenvalue weighted by molar-refractivity contribution is 0.338. The molecule has 1 N–H and O–H groups in total. The lowest BCUT2D eigenvalue weighted by atomic mass is 10.0. The average molecular weight is 250 g/mol. The molecule has 0 amide bonds. The molecule has 94 valence electrons. The van der Waals surface area contributed by atoms with E-state index in [2.05, 4.69) is 0 Å². The summed E-state index contributed by atoms with van der Waals surface area (Å²) in [6.07, 6.45) is 0. The van der Waals surface area contributed by atoms with Crippen LogP contribution in [0.4, 0.5) is 8.78 Å². The molecule has 2 aromatic carbocycles. The summed E-state index contributed by atoms with van der Waals surface area (Å²) in [4.78, 5) is 0. The number of hydrogen-bond donors (Lipinski definition) is 1. The Morgan fingerprint density at radius 3 is 2.17 bits per heavy atom. The lowest BCUT2D eigenvalue weighted by Crippen LogP contribution is -1.94. The van der Waals surface area contributed by atoms with E-state index in [0.29, 0.717) is 12.4 Å². The highest BCUT2D eigenvalue weighted by Crippen LogP contribution is 2.30. The van der Waals surface area contributed by atoms with Crippen LogP contribution in [0, 0.1) is 11.6 Å². The van der Waals surface area contributed by atoms with Crippen LogP contribution in [0.15, 0.2) is 36.4 Å². The molecule has 0 heterocycles. The highest BCUT2D eigenvalue weighted by atomic mass is 19.1. The van der Waals surface area contributed by atoms with Crippen LogP contribution in [-0.4, -0.2) is 11.7 Å². The quantitative estimate of drug-likeness (QED) is 0.899. The Labute approximate surface area is 103 Å². The monoisotopic (exact) mass is 250 g/mol. The van der Waals surface area contributed by atoms with Crippen LogP contribution in [0.2, 0.25) is 0 Å². The van der Waals surface area contributed by atoms with Crippen molar-refractivity contribution in [3.8, 4) is 22.6 Å². The van der Waals surface area contributed by atoms with E-state index < -0.39 is 11.6 Å². The van der Waals surface area contributed by atoms with E-state index in [1.807, 2.05) is 0 Å². The molecule has 0 aromatic heterocycles. The van der Waals surface area contributed by atoms with Crippen molar-refractivity contribution in [3.63, 3.8) is 0 Å². The molecular weight excluding hydrogens is 238 g/mol. The minimum Gasteiger partial charge on any atom is -0.508 e. The first-order valence-electron chi connectivity index (χ1n) is 5.53. The highest BCUT2D eigenvalue weighted by molar-refractivity contribution is 5.66. The first kappa shape index (κ1) is 12.4. The van der Waals surface area contributed by atoms with Gasteiger partial charge in [0.25, 0.3) is 0 Å². The standard InChI is InChI=1S/C14H12F2O2/c1-2-18-10-4-6-12(14(16)8-10)11-5-3-9(17)7-13(11)15/h3-8,17H,2H2,1H3. The van der Waals surface area contributed by atoms with Crippen molar-refractivity contribution in [1.29, 1.82) is 0 Å². The molecule has 0 saturated carbocycles. The zero-order chi connectivity index (χ0) is 13.1. The SMILES string of the molecule is CCOc1ccc(-c2ccc(O)cc2F)c(F)c1. The molecular formula is C14H12F2O2. The topological polar surface area (TPSA) is 29.5 Å². The molecule has 0 aliphatic rings. The molecule has 0 spiro atoms. The minimum absolute atomic E-state index is 0.105. The molecule has 2 nitrogen and oxygen atoms in total. The van der Waals surface area contributed by atoms with E-state index in [9.17, 15) is 8.78 Å². The summed E-state index contributed by atoms with van der Waals surface area (Å²) in [5, 5.41) is 9.11. The Kier molecular flexibility index (Phi) is 3.46. The van der Waals surface area contributed by atoms with Gasteiger partial charge in [-0.15, -0.1) is 0 Å². The second-order valence-electron chi connectivity index (χ2n) is 3.74. The van der Waals surface area contributed by atoms with Crippen molar-refractivity contribution >= 4 is 0 Å². The number of phenolic OH excluding ortho intramolecular Hbond substituents is 1. The van der Waals surface area contributed by atoms with Gasteiger partial charge < -0.3 is 9.84 Å². The number of hydrogen-bond acceptors (Lipinski definition) is 2. The van der Waals surface area contributed by atoms with Gasteiger partial charge in [0.05, 0.1) is 6.61 Å². The molecule has 0 unspecified atom stereocenters. The zero-order valence-electron chi connectivity index (χ0n) is 9.78. The number of halogens is 2. The van der Waals surface area contributed by atoms with Crippen LogP contribution in [0.25, 0.3) is 11.1 Å². The van der Waals surface area contributed by atoms with Gasteiger partial charge in [0.1, 0.15) is 23.1 Å². The molecule has 2 aromatic rings. The van der Waals surface area contributed by atoms with E-state index in [0.717, 1.165) is 6.07 Å². The van der Waals surface area contributed by atoms with E-state index in [-0.39, 0.29) is 16.9 Å². The number of rotatable bonds is 3. The first-order valence-corrected chi connectivity index (χ1v) is 5.53. The fourth-order valence-electron chi connectivity index (χ4n) is 1.69. The van der Waals surface area contributed by atoms with Gasteiger partial charge in [-0.25, -0.2) is 8.78 Å². The highest BCUT2D eigenvalue weighted by Gasteiger charge is 2.11. The van der Waals surface area contributed by atoms with Crippen molar-refractivity contribution in [2.24, 2.45) is 0 Å². The zero-order valence-corrected chi connectivity index (χ0v) is 9.78. The maximum absolute atomic E-state index is 13.8. The number of aromatic hydroxyl groups is 1. The molecule has 18 heavy (non-hydrogen) atoms. The van der Waals surface area contributed by atoms with Crippen LogP contribution >= 0.6 is 0 Å². The van der Waals surface area contributed by atoms with Gasteiger partial charge in [-0.1, -0.05) is 0 Å². The molecule has 4 heteroatoms. The maximum Gasteiger partial charge on any atom is 0.134 e. The van der Waals surface area contributed by atoms with Crippen molar-refractivity contribution in [2.75, 3.05) is 6.61 Å². The first-order chi connectivity index (χ1) is 8.61. The lowest BCUT2D eigenvalue weighted by Gasteiger charge is -2.08. The van der Waals surface area contributed by atoms with Gasteiger partial charge in [-0.3, -0.25) is 0 Å². The number of phenols is 1. The van der Waals surface area contributed by atoms with Gasteiger partial charge in [0.2, 0.25) is 0 Å². The molecule has 0 atom stereocenters. The predicted molar refractivity (Wildman–Crippen MR) is 64.6 cm³/mol. The van der Waals surface area contributed by atoms with Crippen molar-refractivity contribution in [2.45, 2.75) is 6.92 Å². The van der Waals surface area contributed by atoms with Crippen molar-refractivity contribution in [3.05, 3.63) is 48.0 Å². The molecule has 0 fully saturated rings. The Morgan fingerprint density at radius 2 is 1.61 bits per heavy atom. The third-order valence-electron chi connectivity index (χ3n) is 2.49. The maximum atomic E-state index is 13.8. The van der Waals surface area contributed by atoms with Crippen LogP contribution in [0.3, 0.4) is 0 Å². The van der Waals surface area contributed by atoms with Gasteiger partial charge in [-0.2, -0.15) is 0 Å². The van der Waals surface area contributed by atoms with Crippen molar-refractivity contribution < 1.29 is 18.6 Å². The van der Waals surface area contributed by atoms with E-state index >= 15 is 0 Å². The summed E-state index contributed by atoms with van der Waals surface area (Å²) in [6.45, 7) is 2.23. The molecule has 0 bridgehead atoms. The van der Waals surface area contributed by atoms with Gasteiger partial charge in [0, 0.05) is 23.3 Å². The third kappa shape index (κ3) is 2.42. The smallest absolute Gasteiger partial charge is 0.134 e. The largest absolute Gasteiger partial charge is 0.508 e. The summed E-state index contributed by atoms with van der Waals surface area (Å²) < 4.78 is 32.6. The van der Waals surface area contributed by atoms with E-state index in [4.69, 9.17) is 9.84 Å². The molecule has 0 saturated heterocycles. The Morgan fingerprint density at radius 1 is 1.00 bits per heavy atom. The van der Waals surface area contributed by atoms with E-state index in [1.165, 1.54) is 24.3 Å². The fourth-order valence-corrected chi connectivity index (χ4v) is 1.69. The van der Waals surface area contributed by atoms with E-state index in [1.54, 1.807) is 13.0 Å². The summed E-state index contributed by atoms with van der Waals surface area (Å²) in [7, 11) is 0. The van der Waals surface area contributed by atoms with Gasteiger partial charge >= 0.3 is 0 Å². The minimum atomic E-state index is -0.668. The average Bonchev–Trinajstić information content (AvgIpc) is 2.31. The second kappa shape index (κ2) is 5.04. The molecule has 0 aliphatic heterocycles. The van der Waals surface area contributed by atoms with Crippen molar-refractivity contribution in [1.82, 2.24) is 0 Å². The van der Waals surface area contributed by atoms with Crippen LogP contribution in [-0.2, 0) is 0 Å². The van der Waals surface area contributed by atoms with Gasteiger partial charge in [0.15, 0.2) is 0 Å². The Hall–Kier alpha value is -2.10. The summed E-state index contributed by atoms with van der Waals surface area (Å²) in [5.74, 6) is -1.02. The van der Waals surface area contributed by atoms with Crippen LogP contribution in [0.1, 0.15) is 6.92 Å². The molecule has 2 rings (SSSR count). The molecule has 0 aliphatic carbocycles. The summed E-state index contributed by atoms with van der Waals surface area (Å²) >= 11 is 0. The van der Waals surface area contributed by atoms with Gasteiger partial charge in [-0.05, 0) is 31.2 Å². The van der Waals surface area contributed by atoms with Crippen LogP contribution in [0.5, 0.6) is 11.5 Å². The second-order valence-corrected chi connectivity index (χ2v) is 3.74. The number of ether oxygens (including phenoxy) is 1. The number of benzene rings is 2. The summed E-state index contributed by atoms with van der Waals surface area (Å²) in [6, 6.07) is 7.85. The fraction of sp³-hybridized carbons (Fsp3) is 0.143. The summed E-state index contributed by atoms with van der Waals surface area (Å²) in [5.41, 5.74) is 0.240. The Bertz CT molecular complexity index is 568. The van der Waals surface area contributed by atoms with Crippen LogP contribution < -0.4 is 4.74 Å². The third-order valence-corrected chi connectivity index (χ3v) is 2.49. The normalized spacial score (nSPS) is 10.4. The predicted octanol–water partition coefficient (Wildman–Crippen LogP) is 3.74. The molecule has 0 radical (unpaired) electrons. The Balaban J connectivity index is 2.44.